The van der Waals surface area contributed by atoms with Crippen LogP contribution >= 0.6 is 0 Å². The number of aromatic nitrogens is 5. The number of benzene rings is 7. The first kappa shape index (κ1) is 102. The lowest BCUT2D eigenvalue weighted by atomic mass is 9.59. The number of hydrogen-bond donors (Lipinski definition) is 2. The number of para-hydroxylation sites is 2. The van der Waals surface area contributed by atoms with Gasteiger partial charge in [-0.15, -0.1) is 0 Å². The van der Waals surface area contributed by atoms with Gasteiger partial charge in [-0.2, -0.15) is 0 Å². The van der Waals surface area contributed by atoms with Crippen LogP contribution in [0.25, 0.3) is 66.8 Å². The summed E-state index contributed by atoms with van der Waals surface area (Å²) in [4.78, 5) is 40.3. The first-order valence-corrected chi connectivity index (χ1v) is 47.5. The van der Waals surface area contributed by atoms with Crippen LogP contribution in [0.15, 0.2) is 206 Å². The molecule has 0 saturated carbocycles. The number of hydrogen-bond acceptors (Lipinski definition) is 10. The second kappa shape index (κ2) is 43.9. The van der Waals surface area contributed by atoms with Gasteiger partial charge in [0, 0.05) is 105 Å². The van der Waals surface area contributed by atoms with E-state index in [1.807, 2.05) is 133 Å². The zero-order valence-electron chi connectivity index (χ0n) is 81.3. The molecular weight excluding hydrogens is 1640 g/mol. The predicted molar refractivity (Wildman–Crippen MR) is 525 cm³/mol. The van der Waals surface area contributed by atoms with Crippen molar-refractivity contribution in [3.05, 3.63) is 280 Å². The van der Waals surface area contributed by atoms with Crippen molar-refractivity contribution in [2.75, 3.05) is 30.0 Å². The smallest absolute Gasteiger partial charge is 0.308 e. The monoisotopic (exact) mass is 1780 g/mol. The molecule has 0 bridgehead atoms. The Balaban J connectivity index is 0.000000184. The van der Waals surface area contributed by atoms with E-state index in [2.05, 4.69) is 192 Å². The van der Waals surface area contributed by atoms with E-state index in [-0.39, 0.29) is 87.7 Å². The number of pyridine rings is 1. The third-order valence-electron chi connectivity index (χ3n) is 24.0. The first-order chi connectivity index (χ1) is 60.6. The van der Waals surface area contributed by atoms with Gasteiger partial charge in [0.25, 0.3) is 5.91 Å². The highest BCUT2D eigenvalue weighted by Gasteiger charge is 2.47. The number of nitrogens with zero attached hydrogens (tertiary/aromatic N) is 6. The largest absolute Gasteiger partial charge is 0.461 e. The molecule has 4 heterocycles. The van der Waals surface area contributed by atoms with E-state index in [0.717, 1.165) is 101 Å². The van der Waals surface area contributed by atoms with Gasteiger partial charge in [-0.05, 0) is 230 Å². The average Bonchev–Trinajstić information content (AvgIpc) is 1.59. The number of esters is 1. The van der Waals surface area contributed by atoms with Crippen LogP contribution in [-0.4, -0.2) is 82.1 Å². The molecular formula is C110H139F4N7O7S. The average molecular weight is 1780 g/mol. The van der Waals surface area contributed by atoms with Crippen molar-refractivity contribution in [2.45, 2.75) is 258 Å². The van der Waals surface area contributed by atoms with Crippen molar-refractivity contribution in [3.8, 4) is 55.9 Å². The van der Waals surface area contributed by atoms with E-state index in [1.165, 1.54) is 76.7 Å². The molecule has 14 nitrogen and oxygen atoms in total. The van der Waals surface area contributed by atoms with Gasteiger partial charge in [0.2, 0.25) is 16.0 Å². The first-order valence-electron chi connectivity index (χ1n) is 45.7. The summed E-state index contributed by atoms with van der Waals surface area (Å²) >= 11 is 0. The Labute approximate surface area is 766 Å². The fourth-order valence-corrected chi connectivity index (χ4v) is 18.5. The number of nitrogens with one attached hydrogen (secondary N) is 1. The maximum absolute atomic E-state index is 13.9. The number of halogens is 4. The number of sulfonamides is 1. The number of aliphatic hydroxyl groups excluding tert-OH is 1. The molecule has 690 valence electrons. The molecule has 0 radical (unpaired) electrons. The highest BCUT2D eigenvalue weighted by Crippen LogP contribution is 2.51. The molecule has 129 heavy (non-hydrogen) atoms. The summed E-state index contributed by atoms with van der Waals surface area (Å²) in [6, 6.07) is 54.6. The molecule has 19 heteroatoms. The van der Waals surface area contributed by atoms with Crippen LogP contribution in [-0.2, 0) is 36.4 Å². The molecule has 7 aromatic carbocycles. The number of anilines is 2. The number of carbonyl (C=O) groups excluding carboxylic acids is 2. The van der Waals surface area contributed by atoms with Crippen molar-refractivity contribution >= 4 is 44.4 Å². The third-order valence-corrected chi connectivity index (χ3v) is 25.1. The SMILES string of the molecule is CC(C)c1c(-c2ccc(F)cc2)c2ccccc2n1C(C)C.CC(C)c1c(C(=O)Nc2ccccc2)c(-c2ccccc2)c(-c2ccc(F)cc2)n1C(C)(C)C.CC(C)c1nc(N(C)S(C)(=O)=O)nc(-c2ccc(F)cc2)c1C(C)C.CC[C@H](C)C(=O)OC1C[C@H](O)C=C2C=C[C@@H](C)[C@H](C(C)(C)C)C21.COCc1c(C(C)C)nc(C(C)C)c(C(C)C)c1-c1ccc(F)cc1. The molecule has 2 aliphatic carbocycles. The highest BCUT2D eigenvalue weighted by atomic mass is 32.2. The lowest BCUT2D eigenvalue weighted by Crippen LogP contribution is -2.46. The second-order valence-corrected chi connectivity index (χ2v) is 40.9. The minimum atomic E-state index is -3.49. The normalized spacial score (nSPS) is 16.0. The van der Waals surface area contributed by atoms with E-state index in [9.17, 15) is 40.7 Å². The second-order valence-electron chi connectivity index (χ2n) is 38.9. The predicted octanol–water partition coefficient (Wildman–Crippen LogP) is 28.7. The Morgan fingerprint density at radius 2 is 1.02 bits per heavy atom. The van der Waals surface area contributed by atoms with Crippen molar-refractivity contribution in [3.63, 3.8) is 0 Å². The van der Waals surface area contributed by atoms with Gasteiger partial charge in [-0.3, -0.25) is 14.6 Å². The number of rotatable bonds is 22. The minimum absolute atomic E-state index is 0.0763. The molecule has 4 aromatic heterocycles. The van der Waals surface area contributed by atoms with Crippen molar-refractivity contribution in [1.29, 1.82) is 0 Å². The van der Waals surface area contributed by atoms with Crippen LogP contribution in [0.5, 0.6) is 0 Å². The molecule has 1 amide bonds. The van der Waals surface area contributed by atoms with Gasteiger partial charge in [-0.25, -0.2) is 40.3 Å². The van der Waals surface area contributed by atoms with Crippen molar-refractivity contribution in [1.82, 2.24) is 24.1 Å². The van der Waals surface area contributed by atoms with Gasteiger partial charge >= 0.3 is 5.97 Å². The summed E-state index contributed by atoms with van der Waals surface area (Å²) in [6.45, 7) is 54.1. The maximum atomic E-state index is 13.9. The van der Waals surface area contributed by atoms with Crippen LogP contribution in [0.4, 0.5) is 29.2 Å². The van der Waals surface area contributed by atoms with E-state index >= 15 is 0 Å². The van der Waals surface area contributed by atoms with Gasteiger partial charge < -0.3 is 29.0 Å². The number of fused-ring (bicyclic) bond motifs is 2. The van der Waals surface area contributed by atoms with E-state index in [4.69, 9.17) is 14.5 Å². The molecule has 2 N–H and O–H groups in total. The van der Waals surface area contributed by atoms with Gasteiger partial charge in [0.05, 0.1) is 47.5 Å². The van der Waals surface area contributed by atoms with Gasteiger partial charge in [0.15, 0.2) is 0 Å². The maximum Gasteiger partial charge on any atom is 0.308 e. The summed E-state index contributed by atoms with van der Waals surface area (Å²) in [6.07, 6.45) is 7.91. The summed E-state index contributed by atoms with van der Waals surface area (Å²) in [5.74, 6) is 1.34. The van der Waals surface area contributed by atoms with Crippen LogP contribution in [0, 0.1) is 52.4 Å². The quantitative estimate of drug-likeness (QED) is 0.0492. The zero-order valence-corrected chi connectivity index (χ0v) is 82.1. The van der Waals surface area contributed by atoms with Crippen LogP contribution < -0.4 is 9.62 Å². The van der Waals surface area contributed by atoms with E-state index in [0.29, 0.717) is 65.8 Å². The molecule has 2 unspecified atom stereocenters. The standard InChI is InChI=1S/C30H31FN2O.C22H30FNO.C20H22FN.C20H32O3.C18H24FN3O2S/c1-20(2)27-26(29(34)32-24-14-10-7-11-15-24)25(21-12-8-6-9-13-21)28(33(27)30(3,4)5)22-16-18-23(31)19-17-22;1-13(2)19-20(16-8-10-17(23)11-9-16)18(12-25-7)21(14(3)4)24-22(19)15(5)6;1-13(2)20-19(15-9-11-16(21)12-10-15)17-7-5-6-8-18(17)22(20)14(3)4;1-7-12(2)19(22)23-16-11-15(21)10-14-9-8-13(3)18(17(14)16)20(4,5)6;1-11(2)15-16(12(3)4)20-18(22(5)25(6,23)24)21-17(15)13-7-9-14(19)10-8-13/h6-20H,1-5H3,(H,32,34);8-11,13-15H,12H2,1-7H3;5-14H,1-4H3;8-10,12-13,15-18,21H,7,11H2,1-6H3;7-12H,1-6H3/t;;;12-,13+,15+,16?,17?,18-;/m...0./s1. The summed E-state index contributed by atoms with van der Waals surface area (Å²) in [5, 5.41) is 14.5. The molecule has 11 aromatic rings. The fourth-order valence-electron chi connectivity index (χ4n) is 18.1. The number of amides is 1. The minimum Gasteiger partial charge on any atom is -0.461 e. The van der Waals surface area contributed by atoms with Gasteiger partial charge in [0.1, 0.15) is 29.4 Å². The topological polar surface area (TPSA) is 171 Å². The number of carbonyl (C=O) groups is 2. The van der Waals surface area contributed by atoms with Gasteiger partial charge in [-0.1, -0.05) is 248 Å². The Hall–Kier alpha value is -10.6. The zero-order chi connectivity index (χ0) is 95.3. The Bertz CT molecular complexity index is 5780. The molecule has 6 atom stereocenters. The molecule has 0 spiro atoms. The van der Waals surface area contributed by atoms with E-state index in [1.54, 1.807) is 43.5 Å². The van der Waals surface area contributed by atoms with Crippen molar-refractivity contribution < 1.29 is 50.1 Å². The lowest BCUT2D eigenvalue weighted by molar-refractivity contribution is -0.160. The number of methoxy groups -OCH3 is 1. The number of aliphatic hydroxyl groups is 1. The third kappa shape index (κ3) is 24.5. The van der Waals surface area contributed by atoms with Crippen molar-refractivity contribution in [2.24, 2.45) is 29.1 Å². The van der Waals surface area contributed by atoms with E-state index < -0.39 is 16.1 Å². The lowest BCUT2D eigenvalue weighted by Gasteiger charge is -2.48. The van der Waals surface area contributed by atoms with Crippen LogP contribution in [0.3, 0.4) is 0 Å². The molecule has 2 aliphatic rings. The number of ether oxygens (including phenoxy) is 2. The molecule has 0 aliphatic heterocycles. The van der Waals surface area contributed by atoms with Crippen LogP contribution in [0.1, 0.15) is 289 Å². The Kier molecular flexibility index (Phi) is 34.7. The van der Waals surface area contributed by atoms with Crippen LogP contribution in [0.2, 0.25) is 0 Å². The Morgan fingerprint density at radius 3 is 1.48 bits per heavy atom. The summed E-state index contributed by atoms with van der Waals surface area (Å²) in [7, 11) is -0.348. The fraction of sp³-hybridized carbons (Fsp3) is 0.427. The number of allylic oxidation sites excluding steroid dienone is 2. The summed E-state index contributed by atoms with van der Waals surface area (Å²) < 4.78 is 95.0. The molecule has 0 fully saturated rings. The summed E-state index contributed by atoms with van der Waals surface area (Å²) in [5.41, 5.74) is 21.7. The molecule has 13 rings (SSSR count). The Morgan fingerprint density at radius 1 is 0.558 bits per heavy atom. The highest BCUT2D eigenvalue weighted by molar-refractivity contribution is 7.92. The molecule has 0 saturated heterocycles.